The van der Waals surface area contributed by atoms with Crippen LogP contribution in [-0.2, 0) is 11.3 Å². The van der Waals surface area contributed by atoms with E-state index in [9.17, 15) is 13.6 Å². The van der Waals surface area contributed by atoms with Gasteiger partial charge in [0.1, 0.15) is 5.75 Å². The third-order valence-corrected chi connectivity index (χ3v) is 4.67. The zero-order valence-corrected chi connectivity index (χ0v) is 16.1. The summed E-state index contributed by atoms with van der Waals surface area (Å²) in [6, 6.07) is 16.3. The van der Waals surface area contributed by atoms with Gasteiger partial charge >= 0.3 is 6.61 Å². The Bertz CT molecular complexity index is 747. The number of ether oxygens (including phenoxy) is 1. The number of amides is 1. The van der Waals surface area contributed by atoms with Crippen LogP contribution in [0.25, 0.3) is 0 Å². The van der Waals surface area contributed by atoms with Crippen LogP contribution in [0.2, 0.25) is 0 Å². The summed E-state index contributed by atoms with van der Waals surface area (Å²) >= 11 is 0. The lowest BCUT2D eigenvalue weighted by Gasteiger charge is -2.16. The fraction of sp³-hybridized carbons (Fsp3) is 0.350. The number of halogens is 3. The number of hydrogen-bond donors (Lipinski definition) is 2. The molecule has 0 unspecified atom stereocenters. The number of carbonyl (C=O) groups excluding carboxylic acids is 1. The molecule has 2 atom stereocenters. The molecule has 8 heteroatoms. The van der Waals surface area contributed by atoms with Crippen molar-refractivity contribution >= 4 is 18.3 Å². The van der Waals surface area contributed by atoms with Gasteiger partial charge in [0.2, 0.25) is 5.91 Å². The standard InChI is InChI=1S/C20H23F2N3O2.ClH/c21-20(22)27-16-8-6-14(7-9-16)10-24-19(26)13-25-11-17(18(23)12-25)15-4-2-1-3-5-15;/h1-9,17-18,20H,10-13,23H2,(H,24,26);1H/t17-,18+;/m0./s1. The molecule has 152 valence electrons. The maximum Gasteiger partial charge on any atom is 0.387 e. The zero-order chi connectivity index (χ0) is 19.2. The van der Waals surface area contributed by atoms with E-state index >= 15 is 0 Å². The van der Waals surface area contributed by atoms with Crippen LogP contribution in [0.4, 0.5) is 8.78 Å². The molecular formula is C20H24ClF2N3O2. The Labute approximate surface area is 169 Å². The summed E-state index contributed by atoms with van der Waals surface area (Å²) in [6.45, 7) is -0.813. The van der Waals surface area contributed by atoms with Crippen LogP contribution in [0, 0.1) is 0 Å². The molecule has 0 aliphatic carbocycles. The lowest BCUT2D eigenvalue weighted by Crippen LogP contribution is -2.37. The van der Waals surface area contributed by atoms with Crippen molar-refractivity contribution in [1.29, 1.82) is 0 Å². The van der Waals surface area contributed by atoms with Gasteiger partial charge in [0.15, 0.2) is 0 Å². The minimum Gasteiger partial charge on any atom is -0.435 e. The maximum absolute atomic E-state index is 12.2. The lowest BCUT2D eigenvalue weighted by atomic mass is 9.95. The largest absolute Gasteiger partial charge is 0.435 e. The van der Waals surface area contributed by atoms with E-state index in [1.165, 1.54) is 17.7 Å². The third-order valence-electron chi connectivity index (χ3n) is 4.67. The van der Waals surface area contributed by atoms with Crippen LogP contribution < -0.4 is 15.8 Å². The van der Waals surface area contributed by atoms with Gasteiger partial charge in [-0.05, 0) is 23.3 Å². The van der Waals surface area contributed by atoms with E-state index in [1.807, 2.05) is 18.2 Å². The van der Waals surface area contributed by atoms with Gasteiger partial charge in [0, 0.05) is 31.6 Å². The second-order valence-corrected chi connectivity index (χ2v) is 6.67. The fourth-order valence-corrected chi connectivity index (χ4v) is 3.34. The van der Waals surface area contributed by atoms with Gasteiger partial charge in [-0.3, -0.25) is 9.69 Å². The average Bonchev–Trinajstić information content (AvgIpc) is 3.01. The van der Waals surface area contributed by atoms with Gasteiger partial charge in [-0.2, -0.15) is 8.78 Å². The lowest BCUT2D eigenvalue weighted by molar-refractivity contribution is -0.122. The maximum atomic E-state index is 12.2. The minimum atomic E-state index is -2.85. The first-order chi connectivity index (χ1) is 13.0. The van der Waals surface area contributed by atoms with E-state index in [1.54, 1.807) is 12.1 Å². The Morgan fingerprint density at radius 2 is 1.82 bits per heavy atom. The van der Waals surface area contributed by atoms with Crippen LogP contribution in [0.15, 0.2) is 54.6 Å². The number of likely N-dealkylation sites (tertiary alicyclic amines) is 1. The number of nitrogens with one attached hydrogen (secondary N) is 1. The van der Waals surface area contributed by atoms with E-state index in [2.05, 4.69) is 27.1 Å². The predicted octanol–water partition coefficient (Wildman–Crippen LogP) is 2.75. The average molecular weight is 412 g/mol. The molecule has 3 N–H and O–H groups in total. The molecule has 1 aliphatic rings. The smallest absolute Gasteiger partial charge is 0.387 e. The number of hydrogen-bond acceptors (Lipinski definition) is 4. The predicted molar refractivity (Wildman–Crippen MR) is 106 cm³/mol. The van der Waals surface area contributed by atoms with E-state index in [4.69, 9.17) is 5.73 Å². The molecule has 1 heterocycles. The number of nitrogens with zero attached hydrogens (tertiary/aromatic N) is 1. The summed E-state index contributed by atoms with van der Waals surface area (Å²) < 4.78 is 28.6. The Kier molecular flexibility index (Phi) is 8.17. The van der Waals surface area contributed by atoms with Gasteiger partial charge in [-0.1, -0.05) is 42.5 Å². The van der Waals surface area contributed by atoms with Crippen LogP contribution in [-0.4, -0.2) is 43.1 Å². The Hall–Kier alpha value is -2.22. The molecule has 0 spiro atoms. The summed E-state index contributed by atoms with van der Waals surface area (Å²) in [6.07, 6.45) is 0. The van der Waals surface area contributed by atoms with Crippen molar-refractivity contribution in [2.45, 2.75) is 25.1 Å². The first kappa shape index (κ1) is 22.1. The number of benzene rings is 2. The van der Waals surface area contributed by atoms with Crippen LogP contribution in [0.3, 0.4) is 0 Å². The molecule has 2 aromatic rings. The summed E-state index contributed by atoms with van der Waals surface area (Å²) in [5.41, 5.74) is 8.26. The molecule has 3 rings (SSSR count). The summed E-state index contributed by atoms with van der Waals surface area (Å²) in [7, 11) is 0. The van der Waals surface area contributed by atoms with Crippen molar-refractivity contribution in [2.24, 2.45) is 5.73 Å². The summed E-state index contributed by atoms with van der Waals surface area (Å²) in [5, 5.41) is 2.85. The van der Waals surface area contributed by atoms with E-state index < -0.39 is 6.61 Å². The van der Waals surface area contributed by atoms with Gasteiger partial charge in [0.05, 0.1) is 6.54 Å². The Balaban J connectivity index is 0.00000280. The molecular weight excluding hydrogens is 388 g/mol. The SMILES string of the molecule is Cl.N[C@@H]1CN(CC(=O)NCc2ccc(OC(F)F)cc2)C[C@H]1c1ccccc1. The Morgan fingerprint density at radius 1 is 1.14 bits per heavy atom. The molecule has 1 amide bonds. The van der Waals surface area contributed by atoms with Crippen molar-refractivity contribution in [3.05, 3.63) is 65.7 Å². The van der Waals surface area contributed by atoms with Gasteiger partial charge < -0.3 is 15.8 Å². The second-order valence-electron chi connectivity index (χ2n) is 6.67. The highest BCUT2D eigenvalue weighted by Gasteiger charge is 2.31. The number of alkyl halides is 2. The van der Waals surface area contributed by atoms with Crippen LogP contribution >= 0.6 is 12.4 Å². The van der Waals surface area contributed by atoms with E-state index in [-0.39, 0.29) is 42.6 Å². The molecule has 0 aromatic heterocycles. The normalized spacial score (nSPS) is 19.3. The summed E-state index contributed by atoms with van der Waals surface area (Å²) in [4.78, 5) is 14.3. The highest BCUT2D eigenvalue weighted by Crippen LogP contribution is 2.26. The monoisotopic (exact) mass is 411 g/mol. The molecule has 1 fully saturated rings. The molecule has 0 saturated carbocycles. The molecule has 1 saturated heterocycles. The molecule has 0 bridgehead atoms. The second kappa shape index (κ2) is 10.4. The van der Waals surface area contributed by atoms with Crippen LogP contribution in [0.1, 0.15) is 17.0 Å². The molecule has 5 nitrogen and oxygen atoms in total. The number of nitrogens with two attached hydrogens (primary N) is 1. The minimum absolute atomic E-state index is 0. The highest BCUT2D eigenvalue weighted by molar-refractivity contribution is 5.85. The molecule has 28 heavy (non-hydrogen) atoms. The van der Waals surface area contributed by atoms with Crippen molar-refractivity contribution < 1.29 is 18.3 Å². The fourth-order valence-electron chi connectivity index (χ4n) is 3.34. The van der Waals surface area contributed by atoms with E-state index in [0.717, 1.165) is 12.1 Å². The topological polar surface area (TPSA) is 67.6 Å². The third kappa shape index (κ3) is 6.15. The van der Waals surface area contributed by atoms with Crippen LogP contribution in [0.5, 0.6) is 5.75 Å². The number of rotatable bonds is 7. The van der Waals surface area contributed by atoms with Crippen molar-refractivity contribution in [2.75, 3.05) is 19.6 Å². The van der Waals surface area contributed by atoms with Gasteiger partial charge in [-0.15, -0.1) is 12.4 Å². The van der Waals surface area contributed by atoms with E-state index in [0.29, 0.717) is 13.1 Å². The Morgan fingerprint density at radius 3 is 2.46 bits per heavy atom. The summed E-state index contributed by atoms with van der Waals surface area (Å²) in [5.74, 6) is 0.225. The molecule has 2 aromatic carbocycles. The first-order valence-electron chi connectivity index (χ1n) is 8.84. The zero-order valence-electron chi connectivity index (χ0n) is 15.3. The molecule has 1 aliphatic heterocycles. The van der Waals surface area contributed by atoms with Crippen molar-refractivity contribution in [3.63, 3.8) is 0 Å². The first-order valence-corrected chi connectivity index (χ1v) is 8.84. The highest BCUT2D eigenvalue weighted by atomic mass is 35.5. The van der Waals surface area contributed by atoms with Crippen molar-refractivity contribution in [1.82, 2.24) is 10.2 Å². The van der Waals surface area contributed by atoms with Gasteiger partial charge in [-0.25, -0.2) is 0 Å². The van der Waals surface area contributed by atoms with Gasteiger partial charge in [0.25, 0.3) is 0 Å². The van der Waals surface area contributed by atoms with Crippen molar-refractivity contribution in [3.8, 4) is 5.75 Å². The molecule has 0 radical (unpaired) electrons. The quantitative estimate of drug-likeness (QED) is 0.735. The number of carbonyl (C=O) groups is 1.